The molecule has 0 spiro atoms. The first-order chi connectivity index (χ1) is 10.4. The standard InChI is InChI=1S/C14H13FN2O5/c1-8(9-3-4-11(21-2)10(15)7-9)16-14(18)12-5-6-13(22-12)17(19)20/h3-8H,1-2H3,(H,16,18). The molecule has 8 heteroatoms. The van der Waals surface area contributed by atoms with Gasteiger partial charge in [-0.25, -0.2) is 4.39 Å². The topological polar surface area (TPSA) is 94.6 Å². The number of nitro groups is 1. The highest BCUT2D eigenvalue weighted by atomic mass is 19.1. The number of furan rings is 1. The predicted molar refractivity (Wildman–Crippen MR) is 74.2 cm³/mol. The molecule has 0 saturated carbocycles. The lowest BCUT2D eigenvalue weighted by Crippen LogP contribution is -2.26. The van der Waals surface area contributed by atoms with Crippen molar-refractivity contribution in [2.24, 2.45) is 0 Å². The predicted octanol–water partition coefficient (Wildman–Crippen LogP) is 2.83. The zero-order valence-corrected chi connectivity index (χ0v) is 11.8. The molecule has 1 aromatic heterocycles. The summed E-state index contributed by atoms with van der Waals surface area (Å²) in [7, 11) is 1.35. The summed E-state index contributed by atoms with van der Waals surface area (Å²) >= 11 is 0. The number of halogens is 1. The van der Waals surface area contributed by atoms with Gasteiger partial charge in [0.05, 0.1) is 19.2 Å². The summed E-state index contributed by atoms with van der Waals surface area (Å²) in [6.07, 6.45) is 0. The number of hydrogen-bond donors (Lipinski definition) is 1. The van der Waals surface area contributed by atoms with E-state index in [1.165, 1.54) is 25.3 Å². The summed E-state index contributed by atoms with van der Waals surface area (Å²) in [5.41, 5.74) is 0.521. The number of nitrogens with one attached hydrogen (secondary N) is 1. The van der Waals surface area contributed by atoms with Crippen LogP contribution in [0.25, 0.3) is 0 Å². The summed E-state index contributed by atoms with van der Waals surface area (Å²) in [6, 6.07) is 6.08. The van der Waals surface area contributed by atoms with Gasteiger partial charge in [-0.3, -0.25) is 14.9 Å². The Morgan fingerprint density at radius 2 is 2.14 bits per heavy atom. The van der Waals surface area contributed by atoms with E-state index < -0.39 is 28.6 Å². The van der Waals surface area contributed by atoms with Gasteiger partial charge in [0, 0.05) is 0 Å². The van der Waals surface area contributed by atoms with Crippen molar-refractivity contribution in [1.82, 2.24) is 5.32 Å². The third-order valence-corrected chi connectivity index (χ3v) is 3.02. The fourth-order valence-electron chi connectivity index (χ4n) is 1.85. The first kappa shape index (κ1) is 15.5. The molecule has 1 N–H and O–H groups in total. The van der Waals surface area contributed by atoms with E-state index in [9.17, 15) is 19.3 Å². The molecule has 0 fully saturated rings. The quantitative estimate of drug-likeness (QED) is 0.677. The zero-order chi connectivity index (χ0) is 16.3. The number of rotatable bonds is 5. The first-order valence-corrected chi connectivity index (χ1v) is 6.31. The Balaban J connectivity index is 2.10. The zero-order valence-electron chi connectivity index (χ0n) is 11.8. The molecule has 0 aliphatic rings. The molecular formula is C14H13FN2O5. The molecule has 0 saturated heterocycles. The highest BCUT2D eigenvalue weighted by Gasteiger charge is 2.19. The van der Waals surface area contributed by atoms with Crippen molar-refractivity contribution in [2.75, 3.05) is 7.11 Å². The van der Waals surface area contributed by atoms with Crippen LogP contribution in [0.4, 0.5) is 10.3 Å². The van der Waals surface area contributed by atoms with Crippen molar-refractivity contribution in [3.8, 4) is 5.75 Å². The molecule has 2 aromatic rings. The maximum atomic E-state index is 13.6. The molecule has 1 amide bonds. The summed E-state index contributed by atoms with van der Waals surface area (Å²) in [6.45, 7) is 1.65. The van der Waals surface area contributed by atoms with E-state index in [4.69, 9.17) is 9.15 Å². The number of amides is 1. The summed E-state index contributed by atoms with van der Waals surface area (Å²) in [5, 5.41) is 13.1. The van der Waals surface area contributed by atoms with E-state index in [0.717, 1.165) is 6.07 Å². The molecule has 0 aliphatic heterocycles. The molecule has 1 heterocycles. The van der Waals surface area contributed by atoms with Crippen LogP contribution in [0.15, 0.2) is 34.7 Å². The van der Waals surface area contributed by atoms with Gasteiger partial charge in [0.15, 0.2) is 17.3 Å². The van der Waals surface area contributed by atoms with Gasteiger partial charge >= 0.3 is 5.88 Å². The molecule has 116 valence electrons. The van der Waals surface area contributed by atoms with Crippen LogP contribution >= 0.6 is 0 Å². The SMILES string of the molecule is COc1ccc(C(C)NC(=O)c2ccc([N+](=O)[O-])o2)cc1F. The van der Waals surface area contributed by atoms with E-state index in [-0.39, 0.29) is 11.5 Å². The van der Waals surface area contributed by atoms with Crippen LogP contribution in [-0.4, -0.2) is 17.9 Å². The fourth-order valence-corrected chi connectivity index (χ4v) is 1.85. The minimum Gasteiger partial charge on any atom is -0.494 e. The summed E-state index contributed by atoms with van der Waals surface area (Å²) in [4.78, 5) is 21.7. The minimum absolute atomic E-state index is 0.101. The van der Waals surface area contributed by atoms with Gasteiger partial charge in [0.2, 0.25) is 0 Å². The van der Waals surface area contributed by atoms with E-state index in [1.54, 1.807) is 13.0 Å². The second kappa shape index (κ2) is 6.25. The smallest absolute Gasteiger partial charge is 0.433 e. The molecule has 1 atom stereocenters. The van der Waals surface area contributed by atoms with Gasteiger partial charge in [0.1, 0.15) is 4.92 Å². The fraction of sp³-hybridized carbons (Fsp3) is 0.214. The normalized spacial score (nSPS) is 11.8. The lowest BCUT2D eigenvalue weighted by Gasteiger charge is -2.14. The Bertz CT molecular complexity index is 713. The maximum Gasteiger partial charge on any atom is 0.433 e. The number of methoxy groups -OCH3 is 1. The largest absolute Gasteiger partial charge is 0.494 e. The number of nitrogens with zero attached hydrogens (tertiary/aromatic N) is 1. The number of hydrogen-bond acceptors (Lipinski definition) is 5. The van der Waals surface area contributed by atoms with Gasteiger partial charge in [-0.05, 0) is 30.7 Å². The van der Waals surface area contributed by atoms with Crippen molar-refractivity contribution in [3.63, 3.8) is 0 Å². The molecule has 0 bridgehead atoms. The molecule has 1 unspecified atom stereocenters. The van der Waals surface area contributed by atoms with Crippen LogP contribution < -0.4 is 10.1 Å². The number of carbonyl (C=O) groups excluding carboxylic acids is 1. The number of benzene rings is 1. The van der Waals surface area contributed by atoms with Crippen molar-refractivity contribution >= 4 is 11.8 Å². The lowest BCUT2D eigenvalue weighted by molar-refractivity contribution is -0.402. The van der Waals surface area contributed by atoms with E-state index >= 15 is 0 Å². The molecule has 2 rings (SSSR count). The molecule has 1 aromatic carbocycles. The Labute approximate surface area is 124 Å². The van der Waals surface area contributed by atoms with E-state index in [2.05, 4.69) is 5.32 Å². The highest BCUT2D eigenvalue weighted by Crippen LogP contribution is 2.22. The van der Waals surface area contributed by atoms with Crippen LogP contribution in [-0.2, 0) is 0 Å². The monoisotopic (exact) mass is 308 g/mol. The second-order valence-electron chi connectivity index (χ2n) is 4.48. The van der Waals surface area contributed by atoms with Crippen molar-refractivity contribution in [2.45, 2.75) is 13.0 Å². The summed E-state index contributed by atoms with van der Waals surface area (Å²) < 4.78 is 23.2. The van der Waals surface area contributed by atoms with Crippen molar-refractivity contribution in [3.05, 3.63) is 57.6 Å². The second-order valence-corrected chi connectivity index (χ2v) is 4.48. The molecule has 0 radical (unpaired) electrons. The Morgan fingerprint density at radius 3 is 2.68 bits per heavy atom. The summed E-state index contributed by atoms with van der Waals surface area (Å²) in [5.74, 6) is -1.78. The van der Waals surface area contributed by atoms with Gasteiger partial charge in [-0.2, -0.15) is 0 Å². The first-order valence-electron chi connectivity index (χ1n) is 6.31. The average molecular weight is 308 g/mol. The van der Waals surface area contributed by atoms with Crippen molar-refractivity contribution in [1.29, 1.82) is 0 Å². The molecular weight excluding hydrogens is 295 g/mol. The van der Waals surface area contributed by atoms with Gasteiger partial charge in [-0.15, -0.1) is 0 Å². The van der Waals surface area contributed by atoms with Crippen LogP contribution in [0.5, 0.6) is 5.75 Å². The Kier molecular flexibility index (Phi) is 4.40. The van der Waals surface area contributed by atoms with Gasteiger partial charge in [-0.1, -0.05) is 6.07 Å². The third-order valence-electron chi connectivity index (χ3n) is 3.02. The van der Waals surface area contributed by atoms with Crippen molar-refractivity contribution < 1.29 is 23.3 Å². The van der Waals surface area contributed by atoms with Gasteiger partial charge < -0.3 is 14.5 Å². The third kappa shape index (κ3) is 3.22. The Morgan fingerprint density at radius 1 is 1.41 bits per heavy atom. The molecule has 0 aliphatic carbocycles. The number of carbonyl (C=O) groups is 1. The highest BCUT2D eigenvalue weighted by molar-refractivity contribution is 5.91. The maximum absolute atomic E-state index is 13.6. The Hall–Kier alpha value is -2.90. The average Bonchev–Trinajstić information content (AvgIpc) is 2.97. The van der Waals surface area contributed by atoms with Crippen LogP contribution in [0.3, 0.4) is 0 Å². The van der Waals surface area contributed by atoms with E-state index in [1.807, 2.05) is 0 Å². The lowest BCUT2D eigenvalue weighted by atomic mass is 10.1. The van der Waals surface area contributed by atoms with E-state index in [0.29, 0.717) is 5.56 Å². The van der Waals surface area contributed by atoms with Crippen LogP contribution in [0, 0.1) is 15.9 Å². The minimum atomic E-state index is -0.737. The molecule has 22 heavy (non-hydrogen) atoms. The molecule has 7 nitrogen and oxygen atoms in total. The van der Waals surface area contributed by atoms with Crippen LogP contribution in [0.1, 0.15) is 29.1 Å². The van der Waals surface area contributed by atoms with Gasteiger partial charge in [0.25, 0.3) is 5.91 Å². The number of ether oxygens (including phenoxy) is 1. The van der Waals surface area contributed by atoms with Crippen LogP contribution in [0.2, 0.25) is 0 Å².